The molecule has 4 aliphatic rings. The fourth-order valence-electron chi connectivity index (χ4n) is 7.19. The third kappa shape index (κ3) is 2.38. The van der Waals surface area contributed by atoms with Gasteiger partial charge in [0.1, 0.15) is 5.82 Å². The Bertz CT molecular complexity index is 944. The second-order valence-corrected chi connectivity index (χ2v) is 9.83. The molecule has 6 atom stereocenters. The number of rotatable bonds is 1. The Morgan fingerprint density at radius 1 is 1.21 bits per heavy atom. The molecule has 146 valence electrons. The first kappa shape index (κ1) is 18.0. The van der Waals surface area contributed by atoms with Crippen LogP contribution in [0, 0.1) is 40.3 Å². The van der Waals surface area contributed by atoms with Gasteiger partial charge in [0.25, 0.3) is 0 Å². The van der Waals surface area contributed by atoms with Crippen molar-refractivity contribution >= 4 is 11.4 Å². The lowest BCUT2D eigenvalue weighted by Gasteiger charge is -2.58. The van der Waals surface area contributed by atoms with E-state index in [1.165, 1.54) is 17.3 Å². The zero-order chi connectivity index (χ0) is 19.7. The number of allylic oxidation sites excluding steroid dienone is 6. The van der Waals surface area contributed by atoms with E-state index in [0.29, 0.717) is 23.7 Å². The number of aromatic nitrogens is 1. The van der Waals surface area contributed by atoms with Crippen LogP contribution in [0.3, 0.4) is 0 Å². The molecule has 3 heteroatoms. The summed E-state index contributed by atoms with van der Waals surface area (Å²) in [4.78, 5) is 16.1. The molecule has 0 N–H and O–H groups in total. The molecule has 0 bridgehead atoms. The third-order valence-corrected chi connectivity index (χ3v) is 8.47. The van der Waals surface area contributed by atoms with Crippen molar-refractivity contribution in [3.05, 3.63) is 59.7 Å². The Morgan fingerprint density at radius 3 is 2.82 bits per heavy atom. The standard InChI is InChI=1S/C25H28FNO/c1-15-10-19-21-5-4-20(16-11-17(26)14-27-13-16)24(21,2)9-7-22(19)25(3)8-6-18(28)12-23(15)25/h4,6,8,11-15,19,21-22H,5,7,9-10H2,1-3H3/t15?,19?,21?,22?,24-,25-/m1/s1. The smallest absolute Gasteiger partial charge is 0.178 e. The van der Waals surface area contributed by atoms with E-state index in [2.05, 4.69) is 37.9 Å². The van der Waals surface area contributed by atoms with E-state index >= 15 is 0 Å². The average molecular weight is 378 g/mol. The van der Waals surface area contributed by atoms with Crippen LogP contribution in [-0.2, 0) is 4.79 Å². The van der Waals surface area contributed by atoms with E-state index in [4.69, 9.17) is 0 Å². The van der Waals surface area contributed by atoms with E-state index in [-0.39, 0.29) is 22.4 Å². The first-order chi connectivity index (χ1) is 13.3. The van der Waals surface area contributed by atoms with Crippen molar-refractivity contribution in [3.63, 3.8) is 0 Å². The van der Waals surface area contributed by atoms with Crippen molar-refractivity contribution in [1.29, 1.82) is 0 Å². The lowest BCUT2D eigenvalue weighted by molar-refractivity contribution is -0.111. The van der Waals surface area contributed by atoms with Gasteiger partial charge >= 0.3 is 0 Å². The molecule has 5 rings (SSSR count). The SMILES string of the molecule is CC1CC2C(CC[C@]3(C)C(c4cncc(F)c4)=CCC23)[C@@]2(C)C=CC(=O)C=C12. The van der Waals surface area contributed by atoms with E-state index < -0.39 is 0 Å². The molecule has 1 aromatic rings. The highest BCUT2D eigenvalue weighted by atomic mass is 19.1. The monoisotopic (exact) mass is 377 g/mol. The van der Waals surface area contributed by atoms with Crippen LogP contribution in [-0.4, -0.2) is 10.8 Å². The fraction of sp³-hybridized carbons (Fsp3) is 0.520. The molecule has 0 spiro atoms. The average Bonchev–Trinajstić information content (AvgIpc) is 3.01. The van der Waals surface area contributed by atoms with Crippen LogP contribution in [0.1, 0.15) is 52.0 Å². The molecule has 2 saturated carbocycles. The van der Waals surface area contributed by atoms with Crippen molar-refractivity contribution < 1.29 is 9.18 Å². The number of hydrogen-bond acceptors (Lipinski definition) is 2. The Balaban J connectivity index is 1.51. The molecule has 4 unspecified atom stereocenters. The molecule has 0 aromatic carbocycles. The van der Waals surface area contributed by atoms with Gasteiger partial charge in [-0.25, -0.2) is 4.39 Å². The topological polar surface area (TPSA) is 30.0 Å². The zero-order valence-corrected chi connectivity index (χ0v) is 16.9. The molecule has 0 aliphatic heterocycles. The van der Waals surface area contributed by atoms with Crippen molar-refractivity contribution in [1.82, 2.24) is 4.98 Å². The lowest BCUT2D eigenvalue weighted by Crippen LogP contribution is -2.50. The van der Waals surface area contributed by atoms with Crippen molar-refractivity contribution in [2.75, 3.05) is 0 Å². The molecule has 0 radical (unpaired) electrons. The van der Waals surface area contributed by atoms with Crippen molar-refractivity contribution in [3.8, 4) is 0 Å². The highest BCUT2D eigenvalue weighted by Crippen LogP contribution is 2.66. The molecule has 1 heterocycles. The number of halogens is 1. The molecular weight excluding hydrogens is 349 g/mol. The van der Waals surface area contributed by atoms with Gasteiger partial charge in [0.05, 0.1) is 6.20 Å². The van der Waals surface area contributed by atoms with Crippen LogP contribution in [0.25, 0.3) is 5.57 Å². The second-order valence-electron chi connectivity index (χ2n) is 9.83. The summed E-state index contributed by atoms with van der Waals surface area (Å²) >= 11 is 0. The van der Waals surface area contributed by atoms with Crippen LogP contribution in [0.15, 0.2) is 48.3 Å². The van der Waals surface area contributed by atoms with E-state index in [1.807, 2.05) is 12.3 Å². The van der Waals surface area contributed by atoms with Gasteiger partial charge in [-0.2, -0.15) is 0 Å². The maximum atomic E-state index is 13.8. The summed E-state index contributed by atoms with van der Waals surface area (Å²) in [5.74, 6) is 2.10. The predicted molar refractivity (Wildman–Crippen MR) is 109 cm³/mol. The summed E-state index contributed by atoms with van der Waals surface area (Å²) in [5.41, 5.74) is 3.66. The molecular formula is C25H28FNO. The Labute approximate surface area is 166 Å². The number of nitrogens with zero attached hydrogens (tertiary/aromatic N) is 1. The minimum absolute atomic E-state index is 0.000731. The summed E-state index contributed by atoms with van der Waals surface area (Å²) in [6.07, 6.45) is 15.8. The second kappa shape index (κ2) is 5.98. The van der Waals surface area contributed by atoms with Gasteiger partial charge in [-0.15, -0.1) is 0 Å². The highest BCUT2D eigenvalue weighted by Gasteiger charge is 2.57. The van der Waals surface area contributed by atoms with Crippen molar-refractivity contribution in [2.45, 2.75) is 46.5 Å². The molecule has 0 saturated heterocycles. The Kier molecular flexibility index (Phi) is 3.85. The first-order valence-corrected chi connectivity index (χ1v) is 10.6. The molecule has 0 amide bonds. The molecule has 1 aromatic heterocycles. The Hall–Kier alpha value is -2.03. The summed E-state index contributed by atoms with van der Waals surface area (Å²) in [6, 6.07) is 1.64. The third-order valence-electron chi connectivity index (χ3n) is 8.47. The number of ketones is 1. The maximum Gasteiger partial charge on any atom is 0.178 e. The van der Waals surface area contributed by atoms with Crippen LogP contribution in [0.2, 0.25) is 0 Å². The number of fused-ring (bicyclic) bond motifs is 5. The van der Waals surface area contributed by atoms with Crippen LogP contribution < -0.4 is 0 Å². The van der Waals surface area contributed by atoms with Crippen LogP contribution >= 0.6 is 0 Å². The normalized spacial score (nSPS) is 41.6. The number of carbonyl (C=O) groups is 1. The van der Waals surface area contributed by atoms with Gasteiger partial charge in [-0.05, 0) is 84.1 Å². The van der Waals surface area contributed by atoms with Gasteiger partial charge < -0.3 is 0 Å². The summed E-state index contributed by atoms with van der Waals surface area (Å²) in [5, 5.41) is 0. The van der Waals surface area contributed by atoms with Crippen LogP contribution in [0.5, 0.6) is 0 Å². The van der Waals surface area contributed by atoms with Gasteiger partial charge in [-0.3, -0.25) is 9.78 Å². The summed E-state index contributed by atoms with van der Waals surface area (Å²) in [6.45, 7) is 7.02. The fourth-order valence-corrected chi connectivity index (χ4v) is 7.19. The first-order valence-electron chi connectivity index (χ1n) is 10.6. The maximum absolute atomic E-state index is 13.8. The molecule has 2 fully saturated rings. The largest absolute Gasteiger partial charge is 0.290 e. The molecule has 28 heavy (non-hydrogen) atoms. The quantitative estimate of drug-likeness (QED) is 0.622. The van der Waals surface area contributed by atoms with Crippen molar-refractivity contribution in [2.24, 2.45) is 34.5 Å². The number of pyridine rings is 1. The highest BCUT2D eigenvalue weighted by molar-refractivity contribution is 6.01. The Morgan fingerprint density at radius 2 is 2.04 bits per heavy atom. The lowest BCUT2D eigenvalue weighted by atomic mass is 9.46. The van der Waals surface area contributed by atoms with E-state index in [9.17, 15) is 9.18 Å². The summed E-state index contributed by atoms with van der Waals surface area (Å²) in [7, 11) is 0. The van der Waals surface area contributed by atoms with E-state index in [0.717, 1.165) is 31.2 Å². The zero-order valence-electron chi connectivity index (χ0n) is 16.9. The van der Waals surface area contributed by atoms with Gasteiger partial charge in [0, 0.05) is 11.6 Å². The van der Waals surface area contributed by atoms with Gasteiger partial charge in [0.2, 0.25) is 0 Å². The minimum Gasteiger partial charge on any atom is -0.290 e. The predicted octanol–water partition coefficient (Wildman–Crippen LogP) is 5.77. The minimum atomic E-state index is -0.260. The number of carbonyl (C=O) groups excluding carboxylic acids is 1. The number of hydrogen-bond donors (Lipinski definition) is 0. The van der Waals surface area contributed by atoms with Crippen LogP contribution in [0.4, 0.5) is 4.39 Å². The van der Waals surface area contributed by atoms with E-state index in [1.54, 1.807) is 12.1 Å². The van der Waals surface area contributed by atoms with Gasteiger partial charge in [0.15, 0.2) is 5.78 Å². The van der Waals surface area contributed by atoms with Gasteiger partial charge in [-0.1, -0.05) is 38.5 Å². The molecule has 4 aliphatic carbocycles. The summed E-state index contributed by atoms with van der Waals surface area (Å²) < 4.78 is 13.8. The molecule has 2 nitrogen and oxygen atoms in total.